The number of aryl methyl sites for hydroxylation is 1. The fraction of sp³-hybridized carbons (Fsp3) is 0.211. The molecule has 0 radical (unpaired) electrons. The molecule has 0 fully saturated rings. The Morgan fingerprint density at radius 2 is 1.79 bits per heavy atom. The van der Waals surface area contributed by atoms with Crippen molar-refractivity contribution in [2.45, 2.75) is 26.2 Å². The first-order valence-corrected chi connectivity index (χ1v) is 7.94. The second-order valence-corrected chi connectivity index (χ2v) is 5.47. The summed E-state index contributed by atoms with van der Waals surface area (Å²) in [4.78, 5) is 24.4. The third-order valence-electron chi connectivity index (χ3n) is 3.81. The van der Waals surface area contributed by atoms with Crippen LogP contribution < -0.4 is 9.75 Å². The molecule has 1 aliphatic heterocycles. The number of para-hydroxylation sites is 1. The molecule has 1 amide bonds. The summed E-state index contributed by atoms with van der Waals surface area (Å²) in [7, 11) is 0. The number of hydrogen-bond acceptors (Lipinski definition) is 4. The molecule has 5 heteroatoms. The van der Waals surface area contributed by atoms with Gasteiger partial charge >= 0.3 is 5.97 Å². The molecule has 1 aliphatic rings. The van der Waals surface area contributed by atoms with E-state index in [4.69, 9.17) is 4.74 Å². The van der Waals surface area contributed by atoms with Crippen LogP contribution in [0, 0.1) is 0 Å². The Bertz CT molecular complexity index is 767. The Hall–Kier alpha value is -2.95. The van der Waals surface area contributed by atoms with Gasteiger partial charge in [0, 0.05) is 12.8 Å². The first-order valence-electron chi connectivity index (χ1n) is 7.94. The highest BCUT2D eigenvalue weighted by Gasteiger charge is 2.26. The van der Waals surface area contributed by atoms with Crippen LogP contribution in [0.5, 0.6) is 5.75 Å². The first-order chi connectivity index (χ1) is 11.7. The molecule has 3 rings (SSSR count). The standard InChI is InChI=1S/C19H18N2O3/c1-2-14-8-10-16(11-9-14)24-19(23)17-12-13-18(22)21(20-17)15-6-4-3-5-7-15/h3-11H,2,12-13H2,1H3. The number of hydrogen-bond donors (Lipinski definition) is 0. The topological polar surface area (TPSA) is 59.0 Å². The van der Waals surface area contributed by atoms with E-state index in [2.05, 4.69) is 12.0 Å². The fourth-order valence-electron chi connectivity index (χ4n) is 2.43. The summed E-state index contributed by atoms with van der Waals surface area (Å²) in [6.07, 6.45) is 1.45. The molecule has 0 aromatic heterocycles. The molecule has 0 bridgehead atoms. The highest BCUT2D eigenvalue weighted by Crippen LogP contribution is 2.21. The molecule has 122 valence electrons. The van der Waals surface area contributed by atoms with E-state index in [1.54, 1.807) is 24.3 Å². The van der Waals surface area contributed by atoms with Crippen molar-refractivity contribution in [2.75, 3.05) is 5.01 Å². The third kappa shape index (κ3) is 3.51. The van der Waals surface area contributed by atoms with Crippen LogP contribution in [-0.4, -0.2) is 17.6 Å². The molecular formula is C19H18N2O3. The molecule has 1 heterocycles. The van der Waals surface area contributed by atoms with Crippen LogP contribution in [0.3, 0.4) is 0 Å². The van der Waals surface area contributed by atoms with Crippen molar-refractivity contribution in [3.63, 3.8) is 0 Å². The smallest absolute Gasteiger partial charge is 0.359 e. The van der Waals surface area contributed by atoms with Crippen LogP contribution in [0.15, 0.2) is 59.7 Å². The molecule has 2 aromatic rings. The minimum Gasteiger partial charge on any atom is -0.422 e. The van der Waals surface area contributed by atoms with Gasteiger partial charge in [0.1, 0.15) is 11.5 Å². The van der Waals surface area contributed by atoms with Crippen LogP contribution in [0.2, 0.25) is 0 Å². The van der Waals surface area contributed by atoms with Crippen molar-refractivity contribution in [3.8, 4) is 5.75 Å². The second kappa shape index (κ2) is 7.08. The number of carbonyl (C=O) groups excluding carboxylic acids is 2. The zero-order chi connectivity index (χ0) is 16.9. The van der Waals surface area contributed by atoms with Crippen LogP contribution in [0.25, 0.3) is 0 Å². The monoisotopic (exact) mass is 322 g/mol. The van der Waals surface area contributed by atoms with E-state index < -0.39 is 5.97 Å². The molecule has 0 N–H and O–H groups in total. The van der Waals surface area contributed by atoms with Gasteiger partial charge in [-0.05, 0) is 36.2 Å². The van der Waals surface area contributed by atoms with Gasteiger partial charge in [-0.1, -0.05) is 37.3 Å². The molecule has 0 saturated carbocycles. The van der Waals surface area contributed by atoms with Gasteiger partial charge < -0.3 is 4.74 Å². The van der Waals surface area contributed by atoms with Gasteiger partial charge in [-0.25, -0.2) is 9.80 Å². The predicted molar refractivity (Wildman–Crippen MR) is 92.1 cm³/mol. The molecule has 24 heavy (non-hydrogen) atoms. The summed E-state index contributed by atoms with van der Waals surface area (Å²) < 4.78 is 5.37. The van der Waals surface area contributed by atoms with Crippen LogP contribution in [-0.2, 0) is 16.0 Å². The minimum atomic E-state index is -0.521. The largest absolute Gasteiger partial charge is 0.422 e. The Labute approximate surface area is 140 Å². The SMILES string of the molecule is CCc1ccc(OC(=O)C2=NN(c3ccccc3)C(=O)CC2)cc1. The van der Waals surface area contributed by atoms with E-state index in [1.807, 2.05) is 30.3 Å². The third-order valence-corrected chi connectivity index (χ3v) is 3.81. The molecule has 0 spiro atoms. The number of amides is 1. The van der Waals surface area contributed by atoms with Crippen molar-refractivity contribution < 1.29 is 14.3 Å². The molecule has 0 atom stereocenters. The van der Waals surface area contributed by atoms with E-state index in [0.717, 1.165) is 6.42 Å². The maximum Gasteiger partial charge on any atom is 0.359 e. The van der Waals surface area contributed by atoms with Gasteiger partial charge in [-0.15, -0.1) is 0 Å². The number of rotatable bonds is 4. The zero-order valence-corrected chi connectivity index (χ0v) is 13.4. The highest BCUT2D eigenvalue weighted by molar-refractivity contribution is 6.38. The fourth-order valence-corrected chi connectivity index (χ4v) is 2.43. The van der Waals surface area contributed by atoms with E-state index in [-0.39, 0.29) is 24.5 Å². The van der Waals surface area contributed by atoms with Crippen molar-refractivity contribution >= 4 is 23.3 Å². The minimum absolute atomic E-state index is 0.134. The number of hydrazone groups is 1. The first kappa shape index (κ1) is 15.9. The average Bonchev–Trinajstić information content (AvgIpc) is 2.63. The van der Waals surface area contributed by atoms with Gasteiger partial charge in [0.2, 0.25) is 5.91 Å². The Kier molecular flexibility index (Phi) is 4.70. The van der Waals surface area contributed by atoms with Gasteiger partial charge in [-0.3, -0.25) is 4.79 Å². The maximum absolute atomic E-state index is 12.3. The quantitative estimate of drug-likeness (QED) is 0.641. The summed E-state index contributed by atoms with van der Waals surface area (Å²) in [5.74, 6) is -0.180. The van der Waals surface area contributed by atoms with Gasteiger partial charge in [-0.2, -0.15) is 5.10 Å². The lowest BCUT2D eigenvalue weighted by Gasteiger charge is -2.22. The lowest BCUT2D eigenvalue weighted by Crippen LogP contribution is -2.35. The maximum atomic E-state index is 12.3. The molecular weight excluding hydrogens is 304 g/mol. The van der Waals surface area contributed by atoms with E-state index in [9.17, 15) is 9.59 Å². The van der Waals surface area contributed by atoms with E-state index in [0.29, 0.717) is 11.4 Å². The van der Waals surface area contributed by atoms with E-state index >= 15 is 0 Å². The normalized spacial score (nSPS) is 14.3. The Morgan fingerprint density at radius 3 is 2.46 bits per heavy atom. The van der Waals surface area contributed by atoms with Crippen LogP contribution >= 0.6 is 0 Å². The zero-order valence-electron chi connectivity index (χ0n) is 13.4. The van der Waals surface area contributed by atoms with Crippen molar-refractivity contribution in [2.24, 2.45) is 5.10 Å². The molecule has 0 unspecified atom stereocenters. The van der Waals surface area contributed by atoms with Gasteiger partial charge in [0.15, 0.2) is 0 Å². The molecule has 2 aromatic carbocycles. The summed E-state index contributed by atoms with van der Waals surface area (Å²) in [5, 5.41) is 5.45. The average molecular weight is 322 g/mol. The van der Waals surface area contributed by atoms with Gasteiger partial charge in [0.05, 0.1) is 5.69 Å². The molecule has 0 aliphatic carbocycles. The molecule has 0 saturated heterocycles. The summed E-state index contributed by atoms with van der Waals surface area (Å²) in [5.41, 5.74) is 2.06. The summed E-state index contributed by atoms with van der Waals surface area (Å²) in [6, 6.07) is 16.4. The summed E-state index contributed by atoms with van der Waals surface area (Å²) >= 11 is 0. The number of benzene rings is 2. The number of nitrogens with zero attached hydrogens (tertiary/aromatic N) is 2. The van der Waals surface area contributed by atoms with E-state index in [1.165, 1.54) is 10.6 Å². The van der Waals surface area contributed by atoms with Crippen molar-refractivity contribution in [3.05, 3.63) is 60.2 Å². The Morgan fingerprint density at radius 1 is 1.08 bits per heavy atom. The molecule has 5 nitrogen and oxygen atoms in total. The highest BCUT2D eigenvalue weighted by atomic mass is 16.5. The van der Waals surface area contributed by atoms with Crippen molar-refractivity contribution in [1.82, 2.24) is 0 Å². The second-order valence-electron chi connectivity index (χ2n) is 5.47. The predicted octanol–water partition coefficient (Wildman–Crippen LogP) is 3.34. The lowest BCUT2D eigenvalue weighted by molar-refractivity contribution is -0.127. The number of ether oxygens (including phenoxy) is 1. The van der Waals surface area contributed by atoms with Crippen LogP contribution in [0.1, 0.15) is 25.3 Å². The van der Waals surface area contributed by atoms with Gasteiger partial charge in [0.25, 0.3) is 0 Å². The number of esters is 1. The number of carbonyl (C=O) groups is 2. The number of anilines is 1. The summed E-state index contributed by atoms with van der Waals surface area (Å²) in [6.45, 7) is 2.06. The van der Waals surface area contributed by atoms with Crippen LogP contribution in [0.4, 0.5) is 5.69 Å². The Balaban J connectivity index is 1.77. The van der Waals surface area contributed by atoms with Crippen molar-refractivity contribution in [1.29, 1.82) is 0 Å². The lowest BCUT2D eigenvalue weighted by atomic mass is 10.1.